The standard InChI is InChI=1S/C17H22N4O2/c22-17(15-10-14(19-20-15)16-5-3-9-23-16)18-11-13-4-1-2-8-21(13)12-6-7-12/h3,5,9-10,12-13H,1-2,4,6-8,11H2,(H,18,22)(H,19,20)/t13-/m0/s1. The first-order valence-corrected chi connectivity index (χ1v) is 8.44. The van der Waals surface area contributed by atoms with Gasteiger partial charge in [-0.1, -0.05) is 6.42 Å². The van der Waals surface area contributed by atoms with Crippen LogP contribution in [-0.2, 0) is 0 Å². The Hall–Kier alpha value is -2.08. The number of carbonyl (C=O) groups excluding carboxylic acids is 1. The van der Waals surface area contributed by atoms with Crippen LogP contribution in [0.25, 0.3) is 11.5 Å². The van der Waals surface area contributed by atoms with Crippen LogP contribution in [0.15, 0.2) is 28.9 Å². The van der Waals surface area contributed by atoms with Gasteiger partial charge in [0, 0.05) is 24.7 Å². The molecule has 122 valence electrons. The smallest absolute Gasteiger partial charge is 0.271 e. The highest BCUT2D eigenvalue weighted by atomic mass is 16.3. The molecule has 2 aromatic heterocycles. The van der Waals surface area contributed by atoms with Crippen LogP contribution in [0.2, 0.25) is 0 Å². The third-order valence-electron chi connectivity index (χ3n) is 4.78. The molecule has 1 aliphatic carbocycles. The van der Waals surface area contributed by atoms with Gasteiger partial charge in [0.05, 0.1) is 6.26 Å². The van der Waals surface area contributed by atoms with E-state index in [2.05, 4.69) is 20.4 Å². The maximum absolute atomic E-state index is 12.3. The van der Waals surface area contributed by atoms with Crippen molar-refractivity contribution in [2.75, 3.05) is 13.1 Å². The van der Waals surface area contributed by atoms with E-state index in [0.29, 0.717) is 24.0 Å². The molecule has 4 rings (SSSR count). The zero-order valence-corrected chi connectivity index (χ0v) is 13.1. The summed E-state index contributed by atoms with van der Waals surface area (Å²) >= 11 is 0. The number of nitrogens with one attached hydrogen (secondary N) is 2. The number of nitrogens with zero attached hydrogens (tertiary/aromatic N) is 2. The van der Waals surface area contributed by atoms with Crippen LogP contribution in [0.3, 0.4) is 0 Å². The van der Waals surface area contributed by atoms with Gasteiger partial charge in [-0.05, 0) is 44.4 Å². The molecule has 0 radical (unpaired) electrons. The monoisotopic (exact) mass is 314 g/mol. The molecule has 0 unspecified atom stereocenters. The highest BCUT2D eigenvalue weighted by molar-refractivity contribution is 5.93. The van der Waals surface area contributed by atoms with Crippen molar-refractivity contribution < 1.29 is 9.21 Å². The van der Waals surface area contributed by atoms with Crippen molar-refractivity contribution in [3.8, 4) is 11.5 Å². The molecule has 1 saturated heterocycles. The fourth-order valence-electron chi connectivity index (χ4n) is 3.43. The Balaban J connectivity index is 1.36. The largest absolute Gasteiger partial charge is 0.463 e. The number of carbonyl (C=O) groups is 1. The van der Waals surface area contributed by atoms with Crippen molar-refractivity contribution in [3.05, 3.63) is 30.2 Å². The second kappa shape index (κ2) is 6.20. The minimum atomic E-state index is -0.125. The summed E-state index contributed by atoms with van der Waals surface area (Å²) in [5, 5.41) is 9.99. The van der Waals surface area contributed by atoms with E-state index in [1.54, 1.807) is 12.3 Å². The van der Waals surface area contributed by atoms with Gasteiger partial charge < -0.3 is 9.73 Å². The first-order valence-electron chi connectivity index (χ1n) is 8.44. The lowest BCUT2D eigenvalue weighted by Gasteiger charge is -2.35. The molecule has 2 fully saturated rings. The number of piperidine rings is 1. The summed E-state index contributed by atoms with van der Waals surface area (Å²) in [7, 11) is 0. The molecule has 1 aliphatic heterocycles. The molecule has 1 atom stereocenters. The maximum Gasteiger partial charge on any atom is 0.271 e. The molecule has 2 aliphatic rings. The fraction of sp³-hybridized carbons (Fsp3) is 0.529. The zero-order chi connectivity index (χ0) is 15.6. The van der Waals surface area contributed by atoms with Gasteiger partial charge >= 0.3 is 0 Å². The average Bonchev–Trinajstić information content (AvgIpc) is 3.08. The van der Waals surface area contributed by atoms with Crippen LogP contribution in [0.5, 0.6) is 0 Å². The third kappa shape index (κ3) is 3.17. The van der Waals surface area contributed by atoms with Crippen LogP contribution in [-0.4, -0.2) is 46.2 Å². The summed E-state index contributed by atoms with van der Waals surface area (Å²) in [6, 6.07) is 6.61. The van der Waals surface area contributed by atoms with Crippen molar-refractivity contribution in [1.82, 2.24) is 20.4 Å². The van der Waals surface area contributed by atoms with Gasteiger partial charge in [0.15, 0.2) is 11.5 Å². The van der Waals surface area contributed by atoms with Crippen molar-refractivity contribution in [1.29, 1.82) is 0 Å². The van der Waals surface area contributed by atoms with Crippen LogP contribution in [0, 0.1) is 0 Å². The Bertz CT molecular complexity index is 660. The Labute approximate surface area is 135 Å². The van der Waals surface area contributed by atoms with Gasteiger partial charge in [0.25, 0.3) is 5.91 Å². The quantitative estimate of drug-likeness (QED) is 0.889. The van der Waals surface area contributed by atoms with Gasteiger partial charge in [-0.15, -0.1) is 0 Å². The summed E-state index contributed by atoms with van der Waals surface area (Å²) in [5.74, 6) is 0.559. The van der Waals surface area contributed by atoms with Crippen LogP contribution >= 0.6 is 0 Å². The van der Waals surface area contributed by atoms with E-state index in [4.69, 9.17) is 4.42 Å². The molecule has 1 amide bonds. The number of H-pyrrole nitrogens is 1. The van der Waals surface area contributed by atoms with E-state index >= 15 is 0 Å². The van der Waals surface area contributed by atoms with Crippen LogP contribution in [0.4, 0.5) is 0 Å². The number of aromatic nitrogens is 2. The van der Waals surface area contributed by atoms with E-state index in [1.807, 2.05) is 12.1 Å². The second-order valence-electron chi connectivity index (χ2n) is 6.47. The number of rotatable bonds is 5. The molecule has 23 heavy (non-hydrogen) atoms. The highest BCUT2D eigenvalue weighted by Crippen LogP contribution is 2.32. The number of hydrogen-bond donors (Lipinski definition) is 2. The predicted molar refractivity (Wildman–Crippen MR) is 86.0 cm³/mol. The second-order valence-corrected chi connectivity index (χ2v) is 6.47. The maximum atomic E-state index is 12.3. The highest BCUT2D eigenvalue weighted by Gasteiger charge is 2.35. The fourth-order valence-corrected chi connectivity index (χ4v) is 3.43. The van der Waals surface area contributed by atoms with Gasteiger partial charge in [-0.3, -0.25) is 14.8 Å². The minimum Gasteiger partial charge on any atom is -0.463 e. The van der Waals surface area contributed by atoms with Crippen LogP contribution in [0.1, 0.15) is 42.6 Å². The first-order chi connectivity index (χ1) is 11.3. The Morgan fingerprint density at radius 3 is 3.09 bits per heavy atom. The lowest BCUT2D eigenvalue weighted by atomic mass is 10.0. The molecule has 0 bridgehead atoms. The molecular weight excluding hydrogens is 292 g/mol. The van der Waals surface area contributed by atoms with Crippen molar-refractivity contribution in [2.24, 2.45) is 0 Å². The number of amides is 1. The van der Waals surface area contributed by atoms with E-state index in [0.717, 1.165) is 11.7 Å². The molecule has 1 saturated carbocycles. The van der Waals surface area contributed by atoms with E-state index in [9.17, 15) is 4.79 Å². The number of furan rings is 1. The molecule has 2 aromatic rings. The van der Waals surface area contributed by atoms with Crippen molar-refractivity contribution in [3.63, 3.8) is 0 Å². The third-order valence-corrected chi connectivity index (χ3v) is 4.78. The lowest BCUT2D eigenvalue weighted by molar-refractivity contribution is 0.0901. The number of likely N-dealkylation sites (tertiary alicyclic amines) is 1. The summed E-state index contributed by atoms with van der Waals surface area (Å²) in [4.78, 5) is 14.9. The van der Waals surface area contributed by atoms with Gasteiger partial charge in [-0.2, -0.15) is 5.10 Å². The summed E-state index contributed by atoms with van der Waals surface area (Å²) in [6.45, 7) is 1.88. The minimum absolute atomic E-state index is 0.125. The first kappa shape index (κ1) is 14.5. The molecule has 0 aromatic carbocycles. The molecule has 6 heteroatoms. The lowest BCUT2D eigenvalue weighted by Crippen LogP contribution is -2.47. The number of aromatic amines is 1. The predicted octanol–water partition coefficient (Wildman–Crippen LogP) is 2.42. The van der Waals surface area contributed by atoms with Gasteiger partial charge in [-0.25, -0.2) is 0 Å². The van der Waals surface area contributed by atoms with Gasteiger partial charge in [0.1, 0.15) is 5.69 Å². The molecule has 0 spiro atoms. The summed E-state index contributed by atoms with van der Waals surface area (Å²) in [5.41, 5.74) is 1.13. The number of hydrogen-bond acceptors (Lipinski definition) is 4. The van der Waals surface area contributed by atoms with Crippen molar-refractivity contribution in [2.45, 2.75) is 44.2 Å². The molecule has 6 nitrogen and oxygen atoms in total. The molecule has 2 N–H and O–H groups in total. The SMILES string of the molecule is O=C(NC[C@@H]1CCCCN1C1CC1)c1cc(-c2ccco2)[nH]n1. The zero-order valence-electron chi connectivity index (χ0n) is 13.1. The van der Waals surface area contributed by atoms with Crippen molar-refractivity contribution >= 4 is 5.91 Å². The van der Waals surface area contributed by atoms with Gasteiger partial charge in [0.2, 0.25) is 0 Å². The van der Waals surface area contributed by atoms with E-state index in [1.165, 1.54) is 38.6 Å². The molecule has 3 heterocycles. The summed E-state index contributed by atoms with van der Waals surface area (Å²) in [6.07, 6.45) is 7.95. The Kier molecular flexibility index (Phi) is 3.91. The Morgan fingerprint density at radius 1 is 1.39 bits per heavy atom. The average molecular weight is 314 g/mol. The van der Waals surface area contributed by atoms with Crippen LogP contribution < -0.4 is 5.32 Å². The van der Waals surface area contributed by atoms with E-state index in [-0.39, 0.29) is 5.91 Å². The summed E-state index contributed by atoms with van der Waals surface area (Å²) < 4.78 is 5.31. The normalized spacial score (nSPS) is 22.2. The topological polar surface area (TPSA) is 74.2 Å². The van der Waals surface area contributed by atoms with E-state index < -0.39 is 0 Å². The Morgan fingerprint density at radius 2 is 2.30 bits per heavy atom. The molecular formula is C17H22N4O2.